The van der Waals surface area contributed by atoms with Gasteiger partial charge in [-0.1, -0.05) is 12.1 Å². The smallest absolute Gasteiger partial charge is 0.337 e. The maximum atomic E-state index is 12.1. The van der Waals surface area contributed by atoms with Crippen LogP contribution in [-0.2, 0) is 4.74 Å². The van der Waals surface area contributed by atoms with E-state index < -0.39 is 0 Å². The van der Waals surface area contributed by atoms with Crippen LogP contribution in [0.15, 0.2) is 67.0 Å². The van der Waals surface area contributed by atoms with Crippen LogP contribution in [0.4, 0.5) is 0 Å². The van der Waals surface area contributed by atoms with Crippen molar-refractivity contribution in [1.29, 1.82) is 0 Å². The van der Waals surface area contributed by atoms with Crippen LogP contribution in [0.2, 0.25) is 0 Å². The van der Waals surface area contributed by atoms with E-state index in [1.54, 1.807) is 6.07 Å². The summed E-state index contributed by atoms with van der Waals surface area (Å²) in [6.45, 7) is 1.80. The monoisotopic (exact) mass is 463 g/mol. The number of methoxy groups -OCH3 is 1. The summed E-state index contributed by atoms with van der Waals surface area (Å²) in [6.07, 6.45) is 4.81. The number of benzene rings is 1. The molecule has 3 heterocycles. The van der Waals surface area contributed by atoms with Crippen LogP contribution in [0.1, 0.15) is 40.3 Å². The van der Waals surface area contributed by atoms with Crippen molar-refractivity contribution in [3.05, 3.63) is 83.9 Å². The van der Waals surface area contributed by atoms with Gasteiger partial charge in [0.05, 0.1) is 30.5 Å². The van der Waals surface area contributed by atoms with E-state index in [1.165, 1.54) is 7.11 Å². The second-order valence-corrected chi connectivity index (χ2v) is 8.71. The number of ether oxygens (including phenoxy) is 1. The third-order valence-corrected chi connectivity index (χ3v) is 6.18. The zero-order chi connectivity index (χ0) is 23.4. The number of carbonyl (C=O) groups is 1. The molecule has 1 fully saturated rings. The number of thiocarbonyl (C=S) groups is 1. The highest BCUT2D eigenvalue weighted by molar-refractivity contribution is 7.80. The Morgan fingerprint density at radius 2 is 2.03 bits per heavy atom. The molecule has 3 aromatic rings. The molecule has 0 saturated carbocycles. The summed E-state index contributed by atoms with van der Waals surface area (Å²) in [4.78, 5) is 21.2. The summed E-state index contributed by atoms with van der Waals surface area (Å²) in [5, 5.41) is 4.24. The molecule has 0 spiro atoms. The van der Waals surface area contributed by atoms with Gasteiger partial charge >= 0.3 is 5.97 Å². The van der Waals surface area contributed by atoms with Gasteiger partial charge in [-0.25, -0.2) is 4.79 Å². The molecule has 33 heavy (non-hydrogen) atoms. The Morgan fingerprint density at radius 1 is 1.18 bits per heavy atom. The molecule has 1 aromatic carbocycles. The molecule has 2 atom stereocenters. The third-order valence-electron chi connectivity index (χ3n) is 5.83. The lowest BCUT2D eigenvalue weighted by molar-refractivity contribution is 0.0600. The molecule has 2 aromatic heterocycles. The molecule has 1 saturated heterocycles. The highest BCUT2D eigenvalue weighted by Gasteiger charge is 2.41. The van der Waals surface area contributed by atoms with E-state index in [1.807, 2.05) is 54.9 Å². The quantitative estimate of drug-likeness (QED) is 0.405. The van der Waals surface area contributed by atoms with Crippen LogP contribution in [-0.4, -0.2) is 64.7 Å². The molecule has 4 rings (SSSR count). The average Bonchev–Trinajstić information content (AvgIpc) is 3.43. The van der Waals surface area contributed by atoms with Crippen molar-refractivity contribution in [2.24, 2.45) is 0 Å². The molecule has 172 valence electrons. The van der Waals surface area contributed by atoms with Gasteiger partial charge in [0.25, 0.3) is 0 Å². The standard InChI is InChI=1S/C25H29N5O2S/c1-28(2)14-8-16-30-23(22(27-25(30)33)20-11-4-5-13-26-20)21-12-7-15-29(21)19-10-6-9-18(17-19)24(31)32-3/h4-7,9-13,15,17,22-23H,8,14,16H2,1-3H3,(H,27,33)/t22-,23+/m0/s1. The Balaban J connectivity index is 1.74. The van der Waals surface area contributed by atoms with Crippen molar-refractivity contribution < 1.29 is 9.53 Å². The topological polar surface area (TPSA) is 62.6 Å². The molecular weight excluding hydrogens is 434 g/mol. The van der Waals surface area contributed by atoms with Gasteiger partial charge in [-0.2, -0.15) is 0 Å². The first-order chi connectivity index (χ1) is 16.0. The van der Waals surface area contributed by atoms with Crippen molar-refractivity contribution >= 4 is 23.3 Å². The number of carbonyl (C=O) groups excluding carboxylic acids is 1. The van der Waals surface area contributed by atoms with Crippen molar-refractivity contribution in [3.8, 4) is 5.69 Å². The molecule has 0 aliphatic carbocycles. The number of esters is 1. The summed E-state index contributed by atoms with van der Waals surface area (Å²) in [5.74, 6) is -0.356. The number of nitrogens with one attached hydrogen (secondary N) is 1. The maximum absolute atomic E-state index is 12.1. The number of hydrogen-bond acceptors (Lipinski definition) is 5. The zero-order valence-electron chi connectivity index (χ0n) is 19.1. The molecule has 7 nitrogen and oxygen atoms in total. The lowest BCUT2D eigenvalue weighted by atomic mass is 10.0. The predicted octanol–water partition coefficient (Wildman–Crippen LogP) is 3.58. The molecule has 0 radical (unpaired) electrons. The predicted molar refractivity (Wildman–Crippen MR) is 132 cm³/mol. The van der Waals surface area contributed by atoms with Crippen LogP contribution in [0.3, 0.4) is 0 Å². The van der Waals surface area contributed by atoms with E-state index in [0.717, 1.165) is 41.7 Å². The summed E-state index contributed by atoms with van der Waals surface area (Å²) in [5.41, 5.74) is 3.42. The minimum Gasteiger partial charge on any atom is -0.465 e. The van der Waals surface area contributed by atoms with Gasteiger partial charge in [0.15, 0.2) is 5.11 Å². The van der Waals surface area contributed by atoms with Gasteiger partial charge < -0.3 is 24.4 Å². The van der Waals surface area contributed by atoms with Crippen molar-refractivity contribution in [2.45, 2.75) is 18.5 Å². The first-order valence-electron chi connectivity index (χ1n) is 11.0. The Bertz CT molecular complexity index is 1110. The molecule has 0 bridgehead atoms. The van der Waals surface area contributed by atoms with Crippen LogP contribution < -0.4 is 5.32 Å². The number of hydrogen-bond donors (Lipinski definition) is 1. The van der Waals surface area contributed by atoms with Gasteiger partial charge in [0.2, 0.25) is 0 Å². The second-order valence-electron chi connectivity index (χ2n) is 8.32. The van der Waals surface area contributed by atoms with Crippen LogP contribution in [0.5, 0.6) is 0 Å². The van der Waals surface area contributed by atoms with E-state index in [-0.39, 0.29) is 18.1 Å². The number of pyridine rings is 1. The SMILES string of the molecule is COC(=O)c1cccc(-n2cccc2[C@@H]2[C@H](c3ccccn3)NC(=S)N2CCCN(C)C)c1. The van der Waals surface area contributed by atoms with E-state index >= 15 is 0 Å². The third kappa shape index (κ3) is 4.91. The maximum Gasteiger partial charge on any atom is 0.337 e. The van der Waals surface area contributed by atoms with Crippen LogP contribution in [0.25, 0.3) is 5.69 Å². The fourth-order valence-electron chi connectivity index (χ4n) is 4.30. The van der Waals surface area contributed by atoms with Gasteiger partial charge in [0.1, 0.15) is 0 Å². The summed E-state index contributed by atoms with van der Waals surface area (Å²) >= 11 is 5.78. The van der Waals surface area contributed by atoms with Crippen LogP contribution >= 0.6 is 12.2 Å². The van der Waals surface area contributed by atoms with Gasteiger partial charge in [0, 0.05) is 30.3 Å². The Morgan fingerprint density at radius 3 is 2.76 bits per heavy atom. The van der Waals surface area contributed by atoms with Crippen molar-refractivity contribution in [1.82, 2.24) is 24.7 Å². The fraction of sp³-hybridized carbons (Fsp3) is 0.320. The molecular formula is C25H29N5O2S. The summed E-state index contributed by atoms with van der Waals surface area (Å²) < 4.78 is 7.03. The van der Waals surface area contributed by atoms with Crippen LogP contribution in [0, 0.1) is 0 Å². The highest BCUT2D eigenvalue weighted by atomic mass is 32.1. The largest absolute Gasteiger partial charge is 0.465 e. The van der Waals surface area contributed by atoms with Crippen molar-refractivity contribution in [3.63, 3.8) is 0 Å². The zero-order valence-corrected chi connectivity index (χ0v) is 20.0. The fourth-order valence-corrected chi connectivity index (χ4v) is 4.63. The Kier molecular flexibility index (Phi) is 7.05. The van der Waals surface area contributed by atoms with Crippen molar-refractivity contribution in [2.75, 3.05) is 34.3 Å². The first-order valence-corrected chi connectivity index (χ1v) is 11.4. The Labute approximate surface area is 200 Å². The molecule has 0 unspecified atom stereocenters. The Hall–Kier alpha value is -3.23. The highest BCUT2D eigenvalue weighted by Crippen LogP contribution is 2.39. The summed E-state index contributed by atoms with van der Waals surface area (Å²) in [6, 6.07) is 17.4. The minimum absolute atomic E-state index is 0.0497. The number of rotatable bonds is 8. The van der Waals surface area contributed by atoms with Gasteiger partial charge in [-0.05, 0) is 81.7 Å². The molecule has 1 aliphatic heterocycles. The van der Waals surface area contributed by atoms with E-state index in [9.17, 15) is 4.79 Å². The number of nitrogens with zero attached hydrogens (tertiary/aromatic N) is 4. The minimum atomic E-state index is -0.356. The second kappa shape index (κ2) is 10.1. The lowest BCUT2D eigenvalue weighted by Crippen LogP contribution is -2.33. The molecule has 1 N–H and O–H groups in total. The average molecular weight is 464 g/mol. The van der Waals surface area contributed by atoms with E-state index in [0.29, 0.717) is 5.56 Å². The van der Waals surface area contributed by atoms with E-state index in [2.05, 4.69) is 44.8 Å². The first kappa shape index (κ1) is 22.9. The van der Waals surface area contributed by atoms with E-state index in [4.69, 9.17) is 17.0 Å². The lowest BCUT2D eigenvalue weighted by Gasteiger charge is -2.29. The molecule has 8 heteroatoms. The molecule has 0 amide bonds. The normalized spacial score (nSPS) is 17.9. The summed E-state index contributed by atoms with van der Waals surface area (Å²) in [7, 11) is 5.55. The van der Waals surface area contributed by atoms with Gasteiger partial charge in [-0.3, -0.25) is 4.98 Å². The number of aromatic nitrogens is 2. The van der Waals surface area contributed by atoms with Gasteiger partial charge in [-0.15, -0.1) is 0 Å². The molecule has 1 aliphatic rings.